The molecule has 0 amide bonds. The summed E-state index contributed by atoms with van der Waals surface area (Å²) in [6.07, 6.45) is 2.89. The van der Waals surface area contributed by atoms with Crippen molar-refractivity contribution in [2.45, 2.75) is 44.6 Å². The lowest BCUT2D eigenvalue weighted by Crippen LogP contribution is -2.14. The Kier molecular flexibility index (Phi) is 9.19. The first kappa shape index (κ1) is 32.2. The number of aryl methyl sites for hydroxylation is 1. The molecule has 0 spiro atoms. The molecule has 1 saturated carbocycles. The summed E-state index contributed by atoms with van der Waals surface area (Å²) in [4.78, 5) is 18.8. The van der Waals surface area contributed by atoms with Crippen molar-refractivity contribution in [3.05, 3.63) is 103 Å². The van der Waals surface area contributed by atoms with Crippen LogP contribution in [0.2, 0.25) is 4.34 Å². The maximum atomic E-state index is 15.0. The zero-order chi connectivity index (χ0) is 32.6. The monoisotopic (exact) mass is 693 g/mol. The molecule has 2 N–H and O–H groups in total. The summed E-state index contributed by atoms with van der Waals surface area (Å²) < 4.78 is 46.2. The number of thiazole rings is 1. The summed E-state index contributed by atoms with van der Waals surface area (Å²) in [7, 11) is -4.22. The van der Waals surface area contributed by atoms with E-state index >= 15 is 0 Å². The highest BCUT2D eigenvalue weighted by Crippen LogP contribution is 2.42. The summed E-state index contributed by atoms with van der Waals surface area (Å²) in [6, 6.07) is 17.9. The SMILES string of the molecule is CCOC(=O)c1nc(-c2cc(-c3cccc(C#Cc4ccc(C)s4)c3)n(Cc3ccc(S(N)(=O)=O)c(F)c3)c2CC2CC2)sc1Cl. The lowest BCUT2D eigenvalue weighted by molar-refractivity contribution is 0.0520. The third-order valence-corrected chi connectivity index (χ3v) is 10.7. The molecule has 3 aromatic heterocycles. The van der Waals surface area contributed by atoms with Crippen LogP contribution in [0, 0.1) is 30.5 Å². The van der Waals surface area contributed by atoms with Gasteiger partial charge >= 0.3 is 5.97 Å². The summed E-state index contributed by atoms with van der Waals surface area (Å²) in [5, 5.41) is 5.79. The van der Waals surface area contributed by atoms with Gasteiger partial charge in [-0.2, -0.15) is 0 Å². The molecule has 0 radical (unpaired) electrons. The number of primary sulfonamides is 1. The fourth-order valence-corrected chi connectivity index (χ4v) is 7.67. The van der Waals surface area contributed by atoms with Gasteiger partial charge in [-0.3, -0.25) is 0 Å². The van der Waals surface area contributed by atoms with Gasteiger partial charge in [-0.1, -0.05) is 41.6 Å². The number of ether oxygens (including phenoxy) is 1. The van der Waals surface area contributed by atoms with Gasteiger partial charge < -0.3 is 9.30 Å². The van der Waals surface area contributed by atoms with Crippen LogP contribution >= 0.6 is 34.3 Å². The van der Waals surface area contributed by atoms with E-state index in [2.05, 4.69) is 21.4 Å². The molecule has 6 rings (SSSR count). The first-order valence-corrected chi connectivity index (χ1v) is 18.1. The largest absolute Gasteiger partial charge is 0.461 e. The fourth-order valence-electron chi connectivity index (χ4n) is 5.20. The topological polar surface area (TPSA) is 104 Å². The number of sulfonamides is 1. The minimum atomic E-state index is -4.22. The number of benzene rings is 2. The van der Waals surface area contributed by atoms with Crippen molar-refractivity contribution in [1.29, 1.82) is 0 Å². The van der Waals surface area contributed by atoms with Gasteiger partial charge in [0.2, 0.25) is 10.0 Å². The second-order valence-electron chi connectivity index (χ2n) is 11.0. The van der Waals surface area contributed by atoms with Crippen LogP contribution in [0.3, 0.4) is 0 Å². The van der Waals surface area contributed by atoms with Crippen molar-refractivity contribution in [2.75, 3.05) is 6.61 Å². The molecule has 7 nitrogen and oxygen atoms in total. The number of nitrogens with zero attached hydrogens (tertiary/aromatic N) is 2. The quantitative estimate of drug-likeness (QED) is 0.126. The van der Waals surface area contributed by atoms with Crippen LogP contribution in [0.5, 0.6) is 0 Å². The molecule has 1 fully saturated rings. The molecule has 0 unspecified atom stereocenters. The van der Waals surface area contributed by atoms with E-state index in [0.717, 1.165) is 52.2 Å². The van der Waals surface area contributed by atoms with Crippen LogP contribution in [0.4, 0.5) is 4.39 Å². The first-order valence-electron chi connectivity index (χ1n) is 14.6. The molecule has 2 aromatic carbocycles. The van der Waals surface area contributed by atoms with E-state index in [1.54, 1.807) is 24.3 Å². The molecule has 5 aromatic rings. The zero-order valence-electron chi connectivity index (χ0n) is 25.0. The second kappa shape index (κ2) is 13.1. The van der Waals surface area contributed by atoms with Crippen LogP contribution in [-0.4, -0.2) is 30.5 Å². The molecule has 0 bridgehead atoms. The Morgan fingerprint density at radius 3 is 2.61 bits per heavy atom. The van der Waals surface area contributed by atoms with E-state index in [4.69, 9.17) is 21.5 Å². The Bertz CT molecular complexity index is 2140. The Morgan fingerprint density at radius 2 is 1.93 bits per heavy atom. The van der Waals surface area contributed by atoms with Crippen LogP contribution < -0.4 is 5.14 Å². The summed E-state index contributed by atoms with van der Waals surface area (Å²) in [5.74, 6) is 5.47. The predicted octanol–water partition coefficient (Wildman–Crippen LogP) is 7.67. The van der Waals surface area contributed by atoms with Gasteiger partial charge in [-0.25, -0.2) is 27.7 Å². The molecular weight excluding hydrogens is 665 g/mol. The van der Waals surface area contributed by atoms with Gasteiger partial charge in [0.1, 0.15) is 20.1 Å². The molecule has 0 aliphatic heterocycles. The molecule has 236 valence electrons. The van der Waals surface area contributed by atoms with Crippen LogP contribution in [0.15, 0.2) is 65.6 Å². The fraction of sp³-hybridized carbons (Fsp3) is 0.235. The molecule has 0 saturated heterocycles. The number of nitrogens with two attached hydrogens (primary N) is 1. The average molecular weight is 694 g/mol. The Labute approximate surface area is 279 Å². The zero-order valence-corrected chi connectivity index (χ0v) is 28.2. The van der Waals surface area contributed by atoms with Gasteiger partial charge in [0, 0.05) is 33.9 Å². The van der Waals surface area contributed by atoms with Crippen LogP contribution in [0.25, 0.3) is 21.8 Å². The average Bonchev–Trinajstić information content (AvgIpc) is 3.43. The number of thiophene rings is 1. The Balaban J connectivity index is 1.50. The number of rotatable bonds is 9. The van der Waals surface area contributed by atoms with Crippen molar-refractivity contribution < 1.29 is 22.3 Å². The molecule has 3 heterocycles. The van der Waals surface area contributed by atoms with Gasteiger partial charge in [0.25, 0.3) is 0 Å². The molecule has 0 atom stereocenters. The normalized spacial score (nSPS) is 13.0. The highest BCUT2D eigenvalue weighted by molar-refractivity contribution is 7.89. The number of hydrogen-bond donors (Lipinski definition) is 1. The minimum Gasteiger partial charge on any atom is -0.461 e. The maximum Gasteiger partial charge on any atom is 0.359 e. The smallest absolute Gasteiger partial charge is 0.359 e. The maximum absolute atomic E-state index is 15.0. The highest BCUT2D eigenvalue weighted by atomic mass is 35.5. The predicted molar refractivity (Wildman–Crippen MR) is 180 cm³/mol. The highest BCUT2D eigenvalue weighted by Gasteiger charge is 2.29. The van der Waals surface area contributed by atoms with Crippen molar-refractivity contribution in [2.24, 2.45) is 11.1 Å². The Morgan fingerprint density at radius 1 is 1.13 bits per heavy atom. The van der Waals surface area contributed by atoms with Crippen LogP contribution in [-0.2, 0) is 27.7 Å². The van der Waals surface area contributed by atoms with E-state index in [1.807, 2.05) is 49.4 Å². The number of hydrogen-bond acceptors (Lipinski definition) is 7. The lowest BCUT2D eigenvalue weighted by atomic mass is 10.1. The van der Waals surface area contributed by atoms with Crippen molar-refractivity contribution >= 4 is 50.3 Å². The molecule has 46 heavy (non-hydrogen) atoms. The second-order valence-corrected chi connectivity index (χ2v) is 15.5. The molecule has 1 aliphatic rings. The van der Waals surface area contributed by atoms with Crippen LogP contribution in [0.1, 0.15) is 56.8 Å². The minimum absolute atomic E-state index is 0.0666. The standard InChI is InChI=1S/C34H29ClFN3O4S3/c1-3-43-34(40)31-32(35)45-33(38-31)26-18-28(24-6-4-5-21(15-24)10-13-25-12-7-20(2)44-25)39(29(26)17-22-8-9-22)19-23-11-14-30(27(36)16-23)46(37,41)42/h4-7,11-12,14-16,18,22H,3,8-9,17,19H2,1-2H3,(H2,37,41,42). The number of carbonyl (C=O) groups is 1. The van der Waals surface area contributed by atoms with Gasteiger partial charge in [0.15, 0.2) is 5.69 Å². The number of halogens is 2. The number of esters is 1. The number of aromatic nitrogens is 2. The third-order valence-electron chi connectivity index (χ3n) is 7.54. The first-order chi connectivity index (χ1) is 22.0. The van der Waals surface area contributed by atoms with E-state index in [9.17, 15) is 17.6 Å². The van der Waals surface area contributed by atoms with Gasteiger partial charge in [-0.15, -0.1) is 22.7 Å². The summed E-state index contributed by atoms with van der Waals surface area (Å²) in [5.41, 5.74) is 4.94. The van der Waals surface area contributed by atoms with Crippen molar-refractivity contribution in [3.63, 3.8) is 0 Å². The lowest BCUT2D eigenvalue weighted by Gasteiger charge is -2.16. The van der Waals surface area contributed by atoms with E-state index in [1.165, 1.54) is 28.3 Å². The Hall–Kier alpha value is -3.79. The van der Waals surface area contributed by atoms with Gasteiger partial charge in [-0.05, 0) is 92.6 Å². The number of carbonyl (C=O) groups excluding carboxylic acids is 1. The van der Waals surface area contributed by atoms with E-state index < -0.39 is 26.7 Å². The summed E-state index contributed by atoms with van der Waals surface area (Å²) in [6.45, 7) is 4.20. The van der Waals surface area contributed by atoms with E-state index in [0.29, 0.717) is 16.5 Å². The molecular formula is C34H29ClFN3O4S3. The van der Waals surface area contributed by atoms with E-state index in [-0.39, 0.29) is 23.2 Å². The molecule has 1 aliphatic carbocycles. The van der Waals surface area contributed by atoms with Crippen molar-refractivity contribution in [1.82, 2.24) is 9.55 Å². The van der Waals surface area contributed by atoms with Crippen molar-refractivity contribution in [3.8, 4) is 33.7 Å². The summed E-state index contributed by atoms with van der Waals surface area (Å²) >= 11 is 9.34. The third kappa shape index (κ3) is 7.12. The van der Waals surface area contributed by atoms with Gasteiger partial charge in [0.05, 0.1) is 11.5 Å². The molecule has 12 heteroatoms.